The first-order valence-corrected chi connectivity index (χ1v) is 11.2. The molecule has 2 N–H and O–H groups in total. The summed E-state index contributed by atoms with van der Waals surface area (Å²) >= 11 is 9.82. The number of benzene rings is 1. The zero-order valence-electron chi connectivity index (χ0n) is 15.2. The van der Waals surface area contributed by atoms with E-state index in [1.165, 1.54) is 81.0 Å². The van der Waals surface area contributed by atoms with Crippen LogP contribution in [0.15, 0.2) is 22.7 Å². The number of piperidine rings is 1. The molecule has 0 unspecified atom stereocenters. The lowest BCUT2D eigenvalue weighted by Gasteiger charge is -2.33. The lowest BCUT2D eigenvalue weighted by molar-refractivity contribution is 0.175. The summed E-state index contributed by atoms with van der Waals surface area (Å²) in [5, 5.41) is 0.847. The van der Waals surface area contributed by atoms with Gasteiger partial charge in [-0.3, -0.25) is 0 Å². The molecule has 0 bridgehead atoms. The van der Waals surface area contributed by atoms with Crippen molar-refractivity contribution in [2.75, 3.05) is 19.6 Å². The van der Waals surface area contributed by atoms with E-state index in [4.69, 9.17) is 17.3 Å². The van der Waals surface area contributed by atoms with Crippen LogP contribution >= 0.6 is 27.5 Å². The number of nitrogens with two attached hydrogens (primary N) is 1. The van der Waals surface area contributed by atoms with Crippen molar-refractivity contribution in [3.8, 4) is 0 Å². The molecule has 1 aliphatic carbocycles. The summed E-state index contributed by atoms with van der Waals surface area (Å²) in [5.74, 6) is 1.74. The van der Waals surface area contributed by atoms with E-state index in [2.05, 4.69) is 33.0 Å². The highest BCUT2D eigenvalue weighted by molar-refractivity contribution is 9.10. The Morgan fingerprint density at radius 3 is 2.48 bits per heavy atom. The summed E-state index contributed by atoms with van der Waals surface area (Å²) in [6, 6.07) is 6.63. The van der Waals surface area contributed by atoms with Gasteiger partial charge in [-0.15, -0.1) is 0 Å². The minimum Gasteiger partial charge on any atom is -0.328 e. The minimum atomic E-state index is 0.481. The third-order valence-electron chi connectivity index (χ3n) is 6.20. The highest BCUT2D eigenvalue weighted by atomic mass is 79.9. The lowest BCUT2D eigenvalue weighted by atomic mass is 9.83. The highest BCUT2D eigenvalue weighted by Crippen LogP contribution is 2.29. The van der Waals surface area contributed by atoms with Crippen LogP contribution < -0.4 is 5.73 Å². The third kappa shape index (κ3) is 6.23. The number of halogens is 2. The average Bonchev–Trinajstić information content (AvgIpc) is 2.61. The molecule has 0 spiro atoms. The summed E-state index contributed by atoms with van der Waals surface area (Å²) in [6.07, 6.45) is 11.8. The number of likely N-dealkylation sites (tertiary alicyclic amines) is 1. The molecule has 140 valence electrons. The molecule has 1 saturated carbocycles. The molecule has 0 radical (unpaired) electrons. The van der Waals surface area contributed by atoms with Crippen LogP contribution in [0.3, 0.4) is 0 Å². The van der Waals surface area contributed by atoms with Crippen LogP contribution in [0.5, 0.6) is 0 Å². The van der Waals surface area contributed by atoms with E-state index >= 15 is 0 Å². The van der Waals surface area contributed by atoms with Gasteiger partial charge < -0.3 is 10.6 Å². The summed E-state index contributed by atoms with van der Waals surface area (Å²) in [7, 11) is 0. The quantitative estimate of drug-likeness (QED) is 0.635. The van der Waals surface area contributed by atoms with Gasteiger partial charge in [0.1, 0.15) is 0 Å². The van der Waals surface area contributed by atoms with Crippen molar-refractivity contribution in [2.45, 2.75) is 63.8 Å². The summed E-state index contributed by atoms with van der Waals surface area (Å²) < 4.78 is 1.20. The fourth-order valence-electron chi connectivity index (χ4n) is 4.51. The largest absolute Gasteiger partial charge is 0.328 e. The summed E-state index contributed by atoms with van der Waals surface area (Å²) in [4.78, 5) is 2.68. The molecule has 2 nitrogen and oxygen atoms in total. The molecule has 0 atom stereocenters. The van der Waals surface area contributed by atoms with E-state index in [0.717, 1.165) is 23.3 Å². The van der Waals surface area contributed by atoms with Crippen molar-refractivity contribution in [1.29, 1.82) is 0 Å². The Balaban J connectivity index is 1.34. The predicted molar refractivity (Wildman–Crippen MR) is 111 cm³/mol. The Bertz CT molecular complexity index is 535. The first-order valence-electron chi connectivity index (χ1n) is 10.0. The van der Waals surface area contributed by atoms with Gasteiger partial charge in [-0.05, 0) is 113 Å². The van der Waals surface area contributed by atoms with Gasteiger partial charge in [-0.1, -0.05) is 27.5 Å². The van der Waals surface area contributed by atoms with Crippen molar-refractivity contribution >= 4 is 27.5 Å². The summed E-state index contributed by atoms with van der Waals surface area (Å²) in [6.45, 7) is 3.81. The average molecular weight is 428 g/mol. The van der Waals surface area contributed by atoms with E-state index in [-0.39, 0.29) is 0 Å². The maximum atomic E-state index is 6.15. The maximum Gasteiger partial charge on any atom is 0.0409 e. The standard InChI is InChI=1S/C21H32BrClN2/c22-21-8-5-19(23)15-18(21)14-17-9-12-25(13-10-17)11-1-2-16-3-6-20(24)7-4-16/h5,8,15-17,20H,1-4,6-7,9-14,24H2/t16-,20-. The molecule has 3 rings (SSSR count). The van der Waals surface area contributed by atoms with Crippen LogP contribution in [0.4, 0.5) is 0 Å². The Morgan fingerprint density at radius 1 is 1.04 bits per heavy atom. The van der Waals surface area contributed by atoms with Crippen LogP contribution in [0.25, 0.3) is 0 Å². The van der Waals surface area contributed by atoms with E-state index < -0.39 is 0 Å². The van der Waals surface area contributed by atoms with Gasteiger partial charge in [0.25, 0.3) is 0 Å². The fraction of sp³-hybridized carbons (Fsp3) is 0.714. The molecule has 1 heterocycles. The smallest absolute Gasteiger partial charge is 0.0409 e. The Hall–Kier alpha value is -0.0900. The van der Waals surface area contributed by atoms with Gasteiger partial charge in [-0.25, -0.2) is 0 Å². The van der Waals surface area contributed by atoms with Crippen LogP contribution in [0, 0.1) is 11.8 Å². The van der Waals surface area contributed by atoms with Crippen molar-refractivity contribution in [3.63, 3.8) is 0 Å². The Kier molecular flexibility index (Phi) is 7.66. The molecular formula is C21H32BrClN2. The van der Waals surface area contributed by atoms with Gasteiger partial charge in [0.2, 0.25) is 0 Å². The second kappa shape index (κ2) is 9.73. The fourth-order valence-corrected chi connectivity index (χ4v) is 5.11. The van der Waals surface area contributed by atoms with Crippen LogP contribution in [0.1, 0.15) is 56.9 Å². The minimum absolute atomic E-state index is 0.481. The SMILES string of the molecule is N[C@H]1CC[C@H](CCCN2CCC(Cc3cc(Cl)ccc3Br)CC2)CC1. The van der Waals surface area contributed by atoms with Gasteiger partial charge >= 0.3 is 0 Å². The second-order valence-corrected chi connectivity index (χ2v) is 9.44. The van der Waals surface area contributed by atoms with E-state index in [1.54, 1.807) is 0 Å². The van der Waals surface area contributed by atoms with Gasteiger partial charge in [0.15, 0.2) is 0 Å². The van der Waals surface area contributed by atoms with Crippen LogP contribution in [-0.2, 0) is 6.42 Å². The van der Waals surface area contributed by atoms with Crippen molar-refractivity contribution in [3.05, 3.63) is 33.3 Å². The molecule has 0 amide bonds. The Morgan fingerprint density at radius 2 is 1.76 bits per heavy atom. The number of rotatable bonds is 6. The number of nitrogens with zero attached hydrogens (tertiary/aromatic N) is 1. The first kappa shape index (κ1) is 19.7. The molecule has 2 aliphatic rings. The van der Waals surface area contributed by atoms with Gasteiger partial charge in [0.05, 0.1) is 0 Å². The number of hydrogen-bond acceptors (Lipinski definition) is 2. The Labute approximate surface area is 166 Å². The molecule has 1 aromatic carbocycles. The summed E-state index contributed by atoms with van der Waals surface area (Å²) in [5.41, 5.74) is 7.37. The van der Waals surface area contributed by atoms with E-state index in [0.29, 0.717) is 6.04 Å². The van der Waals surface area contributed by atoms with Crippen molar-refractivity contribution in [2.24, 2.45) is 17.6 Å². The van der Waals surface area contributed by atoms with Gasteiger partial charge in [-0.2, -0.15) is 0 Å². The maximum absolute atomic E-state index is 6.15. The second-order valence-electron chi connectivity index (χ2n) is 8.15. The molecular weight excluding hydrogens is 396 g/mol. The first-order chi connectivity index (χ1) is 12.1. The monoisotopic (exact) mass is 426 g/mol. The molecule has 1 saturated heterocycles. The molecule has 2 fully saturated rings. The molecule has 4 heteroatoms. The van der Waals surface area contributed by atoms with E-state index in [1.807, 2.05) is 6.07 Å². The molecule has 1 aliphatic heterocycles. The van der Waals surface area contributed by atoms with Crippen LogP contribution in [-0.4, -0.2) is 30.6 Å². The third-order valence-corrected chi connectivity index (χ3v) is 7.21. The lowest BCUT2D eigenvalue weighted by Crippen LogP contribution is -2.35. The predicted octanol–water partition coefficient (Wildman–Crippen LogP) is 5.65. The van der Waals surface area contributed by atoms with Crippen molar-refractivity contribution < 1.29 is 0 Å². The van der Waals surface area contributed by atoms with Crippen LogP contribution in [0.2, 0.25) is 5.02 Å². The van der Waals surface area contributed by atoms with Gasteiger partial charge in [0, 0.05) is 15.5 Å². The number of hydrogen-bond donors (Lipinski definition) is 1. The topological polar surface area (TPSA) is 29.3 Å². The highest BCUT2D eigenvalue weighted by Gasteiger charge is 2.21. The van der Waals surface area contributed by atoms with E-state index in [9.17, 15) is 0 Å². The zero-order chi connectivity index (χ0) is 17.6. The molecule has 1 aromatic rings. The molecule has 0 aromatic heterocycles. The van der Waals surface area contributed by atoms with Crippen molar-refractivity contribution in [1.82, 2.24) is 4.90 Å². The zero-order valence-corrected chi connectivity index (χ0v) is 17.6. The normalized spacial score (nSPS) is 26.0. The molecule has 25 heavy (non-hydrogen) atoms.